The van der Waals surface area contributed by atoms with E-state index in [1.807, 2.05) is 26.0 Å². The highest BCUT2D eigenvalue weighted by Crippen LogP contribution is 2.29. The molecule has 0 aliphatic rings. The molecule has 2 heterocycles. The third kappa shape index (κ3) is 4.86. The van der Waals surface area contributed by atoms with E-state index in [-0.39, 0.29) is 23.2 Å². The number of benzene rings is 1. The molecule has 0 saturated heterocycles. The van der Waals surface area contributed by atoms with E-state index in [0.717, 1.165) is 14.1 Å². The monoisotopic (exact) mass is 463 g/mol. The second-order valence-corrected chi connectivity index (χ2v) is 10.7. The van der Waals surface area contributed by atoms with E-state index in [1.165, 1.54) is 12.1 Å². The number of carbonyl (C=O) groups is 1. The molecule has 31 heavy (non-hydrogen) atoms. The van der Waals surface area contributed by atoms with Crippen molar-refractivity contribution >= 4 is 27.3 Å². The van der Waals surface area contributed by atoms with Crippen molar-refractivity contribution in [3.05, 3.63) is 41.3 Å². The van der Waals surface area contributed by atoms with Crippen molar-refractivity contribution in [2.24, 2.45) is 5.92 Å². The van der Waals surface area contributed by atoms with Gasteiger partial charge in [0, 0.05) is 17.0 Å². The van der Waals surface area contributed by atoms with Crippen LogP contribution in [-0.2, 0) is 14.8 Å². The number of aliphatic carboxylic acids is 1. The van der Waals surface area contributed by atoms with Crippen LogP contribution in [0.5, 0.6) is 0 Å². The van der Waals surface area contributed by atoms with Crippen LogP contribution in [0.1, 0.15) is 32.1 Å². The first-order chi connectivity index (χ1) is 14.6. The lowest BCUT2D eigenvalue weighted by Gasteiger charge is -2.30. The van der Waals surface area contributed by atoms with E-state index < -0.39 is 22.0 Å². The van der Waals surface area contributed by atoms with E-state index in [2.05, 4.69) is 10.1 Å². The molecule has 1 atom stereocenters. The number of hydrogen-bond acceptors (Lipinski definition) is 7. The fourth-order valence-electron chi connectivity index (χ4n) is 3.27. The number of aryl methyl sites for hydroxylation is 1. The lowest BCUT2D eigenvalue weighted by molar-refractivity contribution is -0.143. The van der Waals surface area contributed by atoms with Gasteiger partial charge in [0.1, 0.15) is 6.04 Å². The molecule has 166 valence electrons. The Morgan fingerprint density at radius 1 is 1.19 bits per heavy atom. The predicted molar refractivity (Wildman–Crippen MR) is 118 cm³/mol. The van der Waals surface area contributed by atoms with Crippen molar-refractivity contribution in [2.75, 3.05) is 6.54 Å². The Morgan fingerprint density at radius 3 is 2.39 bits per heavy atom. The van der Waals surface area contributed by atoms with Crippen LogP contribution in [0.25, 0.3) is 22.2 Å². The summed E-state index contributed by atoms with van der Waals surface area (Å²) in [5.41, 5.74) is 0.576. The number of nitrogens with zero attached hydrogens (tertiary/aromatic N) is 3. The first kappa shape index (κ1) is 23.1. The highest BCUT2D eigenvalue weighted by Gasteiger charge is 2.37. The minimum atomic E-state index is -4.00. The van der Waals surface area contributed by atoms with Crippen LogP contribution in [0.15, 0.2) is 45.8 Å². The van der Waals surface area contributed by atoms with Crippen LogP contribution in [0.2, 0.25) is 0 Å². The molecular formula is C21H25N3O5S2. The van der Waals surface area contributed by atoms with Crippen LogP contribution in [0.4, 0.5) is 0 Å². The lowest BCUT2D eigenvalue weighted by Crippen LogP contribution is -2.48. The lowest BCUT2D eigenvalue weighted by atomic mass is 10.0. The molecular weight excluding hydrogens is 438 g/mol. The molecule has 1 N–H and O–H groups in total. The molecule has 0 amide bonds. The van der Waals surface area contributed by atoms with Crippen molar-refractivity contribution in [2.45, 2.75) is 45.1 Å². The summed E-state index contributed by atoms with van der Waals surface area (Å²) >= 11 is 1.55. The molecule has 0 aliphatic heterocycles. The number of aromatic nitrogens is 2. The fraction of sp³-hybridized carbons (Fsp3) is 0.381. The molecule has 3 aromatic rings. The van der Waals surface area contributed by atoms with Gasteiger partial charge in [0.25, 0.3) is 5.89 Å². The zero-order chi connectivity index (χ0) is 22.8. The van der Waals surface area contributed by atoms with Gasteiger partial charge in [-0.25, -0.2) is 8.42 Å². The normalized spacial score (nSPS) is 13.1. The van der Waals surface area contributed by atoms with Gasteiger partial charge in [-0.05, 0) is 55.7 Å². The van der Waals surface area contributed by atoms with Crippen molar-refractivity contribution < 1.29 is 22.8 Å². The Hall–Kier alpha value is -2.56. The smallest absolute Gasteiger partial charge is 0.322 e. The van der Waals surface area contributed by atoms with Gasteiger partial charge in [0.15, 0.2) is 0 Å². The summed E-state index contributed by atoms with van der Waals surface area (Å²) < 4.78 is 32.9. The van der Waals surface area contributed by atoms with Crippen molar-refractivity contribution in [3.63, 3.8) is 0 Å². The van der Waals surface area contributed by atoms with Gasteiger partial charge in [-0.15, -0.1) is 11.3 Å². The molecule has 2 aromatic heterocycles. The molecule has 1 aromatic carbocycles. The van der Waals surface area contributed by atoms with Gasteiger partial charge in [0.2, 0.25) is 15.8 Å². The Kier molecular flexibility index (Phi) is 6.93. The molecule has 0 radical (unpaired) electrons. The fourth-order valence-corrected chi connectivity index (χ4v) is 5.87. The van der Waals surface area contributed by atoms with Crippen molar-refractivity contribution in [1.29, 1.82) is 0 Å². The number of carboxylic acid groups (broad SMARTS) is 1. The summed E-state index contributed by atoms with van der Waals surface area (Å²) in [6.45, 7) is 7.31. The Balaban J connectivity index is 1.90. The number of sulfonamides is 1. The van der Waals surface area contributed by atoms with Crippen LogP contribution < -0.4 is 0 Å². The van der Waals surface area contributed by atoms with Crippen molar-refractivity contribution in [1.82, 2.24) is 14.4 Å². The summed E-state index contributed by atoms with van der Waals surface area (Å²) in [4.78, 5) is 18.2. The van der Waals surface area contributed by atoms with Crippen LogP contribution in [-0.4, -0.2) is 46.5 Å². The minimum absolute atomic E-state index is 0.0187. The SMILES string of the molecule is CCCN([C@@H](C(=O)O)C(C)C)S(=O)(=O)c1ccc(-c2nc(-c3ccc(C)s3)no2)cc1. The van der Waals surface area contributed by atoms with E-state index in [4.69, 9.17) is 4.52 Å². The van der Waals surface area contributed by atoms with Crippen molar-refractivity contribution in [3.8, 4) is 22.2 Å². The molecule has 0 fully saturated rings. The molecule has 10 heteroatoms. The largest absolute Gasteiger partial charge is 0.480 e. The highest BCUT2D eigenvalue weighted by atomic mass is 32.2. The molecule has 8 nitrogen and oxygen atoms in total. The van der Waals surface area contributed by atoms with E-state index in [0.29, 0.717) is 17.8 Å². The molecule has 0 spiro atoms. The summed E-state index contributed by atoms with van der Waals surface area (Å²) in [5.74, 6) is -0.789. The minimum Gasteiger partial charge on any atom is -0.480 e. The van der Waals surface area contributed by atoms with Gasteiger partial charge in [-0.2, -0.15) is 9.29 Å². The number of rotatable bonds is 9. The number of hydrogen-bond donors (Lipinski definition) is 1. The zero-order valence-electron chi connectivity index (χ0n) is 17.8. The van der Waals surface area contributed by atoms with E-state index >= 15 is 0 Å². The predicted octanol–water partition coefficient (Wildman–Crippen LogP) is 4.28. The van der Waals surface area contributed by atoms with E-state index in [9.17, 15) is 18.3 Å². The second kappa shape index (κ2) is 9.29. The summed E-state index contributed by atoms with van der Waals surface area (Å²) in [5, 5.41) is 13.6. The van der Waals surface area contributed by atoms with Gasteiger partial charge in [-0.3, -0.25) is 4.79 Å². The zero-order valence-corrected chi connectivity index (χ0v) is 19.4. The first-order valence-electron chi connectivity index (χ1n) is 9.90. The summed E-state index contributed by atoms with van der Waals surface area (Å²) in [6.07, 6.45) is 0.501. The van der Waals surface area contributed by atoms with Crippen LogP contribution >= 0.6 is 11.3 Å². The molecule has 0 aliphatic carbocycles. The van der Waals surface area contributed by atoms with Gasteiger partial charge in [0.05, 0.1) is 9.77 Å². The second-order valence-electron chi connectivity index (χ2n) is 7.50. The Morgan fingerprint density at radius 2 is 1.87 bits per heavy atom. The Labute approximate surface area is 185 Å². The van der Waals surface area contributed by atoms with Crippen LogP contribution in [0, 0.1) is 12.8 Å². The molecule has 3 rings (SSSR count). The van der Waals surface area contributed by atoms with Crippen LogP contribution in [0.3, 0.4) is 0 Å². The summed E-state index contributed by atoms with van der Waals surface area (Å²) in [7, 11) is -4.00. The van der Waals surface area contributed by atoms with Gasteiger partial charge in [-0.1, -0.05) is 25.9 Å². The Bertz CT molecular complexity index is 1150. The topological polar surface area (TPSA) is 114 Å². The maximum atomic E-state index is 13.2. The molecule has 0 saturated carbocycles. The summed E-state index contributed by atoms with van der Waals surface area (Å²) in [6, 6.07) is 8.78. The molecule has 0 bridgehead atoms. The maximum Gasteiger partial charge on any atom is 0.322 e. The third-order valence-corrected chi connectivity index (χ3v) is 7.63. The standard InChI is InChI=1S/C21H25N3O5S2/c1-5-12-24(18(13(2)3)21(25)26)31(27,28)16-9-7-15(8-10-16)20-22-19(23-29-20)17-11-6-14(4)30-17/h6-11,13,18H,5,12H2,1-4H3,(H,25,26)/t18-/m1/s1. The maximum absolute atomic E-state index is 13.2. The van der Waals surface area contributed by atoms with E-state index in [1.54, 1.807) is 37.3 Å². The third-order valence-electron chi connectivity index (χ3n) is 4.73. The first-order valence-corrected chi connectivity index (χ1v) is 12.2. The number of thiophene rings is 1. The average Bonchev–Trinajstić information content (AvgIpc) is 3.36. The quantitative estimate of drug-likeness (QED) is 0.504. The average molecular weight is 464 g/mol. The van der Waals surface area contributed by atoms with Gasteiger partial charge >= 0.3 is 5.97 Å². The highest BCUT2D eigenvalue weighted by molar-refractivity contribution is 7.89. The molecule has 0 unspecified atom stereocenters. The number of carboxylic acids is 1. The van der Waals surface area contributed by atoms with Gasteiger partial charge < -0.3 is 9.63 Å².